The van der Waals surface area contributed by atoms with Gasteiger partial charge in [0.05, 0.1) is 0 Å². The second kappa shape index (κ2) is 6.69. The number of nitrogens with zero attached hydrogens (tertiary/aromatic N) is 1. The molecule has 0 saturated carbocycles. The third-order valence-corrected chi connectivity index (χ3v) is 3.23. The van der Waals surface area contributed by atoms with Gasteiger partial charge in [-0.05, 0) is 37.1 Å². The van der Waals surface area contributed by atoms with E-state index in [4.69, 9.17) is 0 Å². The monoisotopic (exact) mass is 302 g/mol. The van der Waals surface area contributed by atoms with Crippen molar-refractivity contribution in [2.75, 3.05) is 18.4 Å². The van der Waals surface area contributed by atoms with Gasteiger partial charge in [0.15, 0.2) is 0 Å². The van der Waals surface area contributed by atoms with E-state index >= 15 is 0 Å². The first-order chi connectivity index (χ1) is 9.94. The number of hydrogen-bond donors (Lipinski definition) is 1. The number of alkyl halides is 3. The third kappa shape index (κ3) is 5.17. The minimum atomic E-state index is -4.71. The molecule has 7 heteroatoms. The molecular formula is C14H17F3N2O2. The summed E-state index contributed by atoms with van der Waals surface area (Å²) in [5.74, 6) is -0.310. The maximum atomic E-state index is 12.0. The van der Waals surface area contributed by atoms with Crippen molar-refractivity contribution >= 4 is 11.7 Å². The minimum absolute atomic E-state index is 0.221. The van der Waals surface area contributed by atoms with Gasteiger partial charge in [-0.3, -0.25) is 0 Å². The number of nitrogens with one attached hydrogen (secondary N) is 1. The molecule has 0 bridgehead atoms. The van der Waals surface area contributed by atoms with Crippen LogP contribution in [0.2, 0.25) is 0 Å². The summed E-state index contributed by atoms with van der Waals surface area (Å²) < 4.78 is 39.9. The molecule has 1 aromatic carbocycles. The number of carbonyl (C=O) groups is 1. The Bertz CT molecular complexity index is 466. The average Bonchev–Trinajstić information content (AvgIpc) is 2.68. The zero-order chi connectivity index (χ0) is 15.3. The molecule has 1 aliphatic heterocycles. The number of ether oxygens (including phenoxy) is 1. The number of halogens is 3. The van der Waals surface area contributed by atoms with Crippen molar-refractivity contribution < 1.29 is 22.7 Å². The van der Waals surface area contributed by atoms with Crippen LogP contribution in [0.3, 0.4) is 0 Å². The molecule has 2 amide bonds. The molecule has 1 heterocycles. The van der Waals surface area contributed by atoms with E-state index in [-0.39, 0.29) is 11.8 Å². The molecule has 4 nitrogen and oxygen atoms in total. The lowest BCUT2D eigenvalue weighted by atomic mass is 10.2. The van der Waals surface area contributed by atoms with E-state index < -0.39 is 6.36 Å². The summed E-state index contributed by atoms with van der Waals surface area (Å²) in [5.41, 5.74) is 0.443. The van der Waals surface area contributed by atoms with E-state index in [9.17, 15) is 18.0 Å². The number of hydrogen-bond acceptors (Lipinski definition) is 2. The first-order valence-electron chi connectivity index (χ1n) is 6.86. The Morgan fingerprint density at radius 1 is 1.05 bits per heavy atom. The second-order valence-corrected chi connectivity index (χ2v) is 4.90. The van der Waals surface area contributed by atoms with E-state index in [0.29, 0.717) is 18.8 Å². The highest BCUT2D eigenvalue weighted by Gasteiger charge is 2.31. The van der Waals surface area contributed by atoms with Crippen LogP contribution in [0.4, 0.5) is 23.7 Å². The first-order valence-corrected chi connectivity index (χ1v) is 6.86. The molecule has 0 unspecified atom stereocenters. The fraction of sp³-hybridized carbons (Fsp3) is 0.500. The van der Waals surface area contributed by atoms with E-state index in [0.717, 1.165) is 25.7 Å². The molecule has 0 aromatic heterocycles. The lowest BCUT2D eigenvalue weighted by molar-refractivity contribution is -0.274. The number of benzene rings is 1. The lowest BCUT2D eigenvalue weighted by Crippen LogP contribution is -2.35. The highest BCUT2D eigenvalue weighted by Crippen LogP contribution is 2.24. The molecule has 2 rings (SSSR count). The predicted octanol–water partition coefficient (Wildman–Crippen LogP) is 3.99. The summed E-state index contributed by atoms with van der Waals surface area (Å²) in [5, 5.41) is 2.68. The van der Waals surface area contributed by atoms with Crippen LogP contribution < -0.4 is 10.1 Å². The van der Waals surface area contributed by atoms with Gasteiger partial charge >= 0.3 is 12.4 Å². The molecule has 0 atom stereocenters. The van der Waals surface area contributed by atoms with E-state index in [1.807, 2.05) is 0 Å². The Labute approximate surface area is 120 Å². The molecule has 0 radical (unpaired) electrons. The smallest absolute Gasteiger partial charge is 0.406 e. The Kier molecular flexibility index (Phi) is 4.93. The number of anilines is 1. The zero-order valence-electron chi connectivity index (χ0n) is 11.4. The van der Waals surface area contributed by atoms with Crippen molar-refractivity contribution in [2.45, 2.75) is 32.0 Å². The van der Waals surface area contributed by atoms with Crippen molar-refractivity contribution in [3.63, 3.8) is 0 Å². The van der Waals surface area contributed by atoms with Crippen LogP contribution in [0.15, 0.2) is 24.3 Å². The molecule has 1 N–H and O–H groups in total. The predicted molar refractivity (Wildman–Crippen MR) is 72.2 cm³/mol. The molecule has 0 aliphatic carbocycles. The largest absolute Gasteiger partial charge is 0.573 e. The molecule has 116 valence electrons. The van der Waals surface area contributed by atoms with Crippen LogP contribution in [0, 0.1) is 0 Å². The normalized spacial score (nSPS) is 16.2. The maximum Gasteiger partial charge on any atom is 0.573 e. The number of amides is 2. The highest BCUT2D eigenvalue weighted by atomic mass is 19.4. The zero-order valence-corrected chi connectivity index (χ0v) is 11.4. The molecule has 0 spiro atoms. The molecule has 1 fully saturated rings. The molecule has 1 saturated heterocycles. The fourth-order valence-corrected chi connectivity index (χ4v) is 2.22. The summed E-state index contributed by atoms with van der Waals surface area (Å²) in [6, 6.07) is 4.89. The molecule has 1 aromatic rings. The van der Waals surface area contributed by atoms with Gasteiger partial charge < -0.3 is 15.0 Å². The van der Waals surface area contributed by atoms with Crippen molar-refractivity contribution in [3.8, 4) is 5.75 Å². The molecular weight excluding hydrogens is 285 g/mol. The third-order valence-electron chi connectivity index (χ3n) is 3.23. The van der Waals surface area contributed by atoms with Crippen molar-refractivity contribution in [3.05, 3.63) is 24.3 Å². The molecule has 1 aliphatic rings. The number of urea groups is 1. The van der Waals surface area contributed by atoms with Crippen LogP contribution in [-0.2, 0) is 0 Å². The van der Waals surface area contributed by atoms with Gasteiger partial charge in [0.2, 0.25) is 0 Å². The maximum absolute atomic E-state index is 12.0. The Morgan fingerprint density at radius 3 is 2.14 bits per heavy atom. The van der Waals surface area contributed by atoms with Crippen LogP contribution >= 0.6 is 0 Å². The number of rotatable bonds is 2. The van der Waals surface area contributed by atoms with Crippen molar-refractivity contribution in [1.29, 1.82) is 0 Å². The van der Waals surface area contributed by atoms with Gasteiger partial charge in [-0.25, -0.2) is 4.79 Å². The Morgan fingerprint density at radius 2 is 1.62 bits per heavy atom. The van der Waals surface area contributed by atoms with E-state index in [1.54, 1.807) is 4.90 Å². The van der Waals surface area contributed by atoms with Crippen LogP contribution in [-0.4, -0.2) is 30.4 Å². The van der Waals surface area contributed by atoms with Crippen LogP contribution in [0.5, 0.6) is 5.75 Å². The fourth-order valence-electron chi connectivity index (χ4n) is 2.22. The van der Waals surface area contributed by atoms with Gasteiger partial charge in [-0.2, -0.15) is 0 Å². The Balaban J connectivity index is 1.91. The minimum Gasteiger partial charge on any atom is -0.406 e. The SMILES string of the molecule is O=C(Nc1ccc(OC(F)(F)F)cc1)N1CCCCCC1. The number of carbonyl (C=O) groups excluding carboxylic acids is 1. The quantitative estimate of drug-likeness (QED) is 0.897. The Hall–Kier alpha value is -1.92. The lowest BCUT2D eigenvalue weighted by Gasteiger charge is -2.20. The van der Waals surface area contributed by atoms with Crippen molar-refractivity contribution in [1.82, 2.24) is 4.90 Å². The summed E-state index contributed by atoms with van der Waals surface area (Å²) in [6.07, 6.45) is -0.519. The highest BCUT2D eigenvalue weighted by molar-refractivity contribution is 5.89. The second-order valence-electron chi connectivity index (χ2n) is 4.90. The summed E-state index contributed by atoms with van der Waals surface area (Å²) in [4.78, 5) is 13.8. The molecule has 21 heavy (non-hydrogen) atoms. The van der Waals surface area contributed by atoms with Crippen molar-refractivity contribution in [2.24, 2.45) is 0 Å². The average molecular weight is 302 g/mol. The van der Waals surface area contributed by atoms with Gasteiger partial charge in [-0.15, -0.1) is 13.2 Å². The standard InChI is InChI=1S/C14H17F3N2O2/c15-14(16,17)21-12-7-5-11(6-8-12)18-13(20)19-9-3-1-2-4-10-19/h5-8H,1-4,9-10H2,(H,18,20). The van der Waals surface area contributed by atoms with Crippen LogP contribution in [0.25, 0.3) is 0 Å². The van der Waals surface area contributed by atoms with Gasteiger partial charge in [0, 0.05) is 18.8 Å². The summed E-state index contributed by atoms with van der Waals surface area (Å²) in [7, 11) is 0. The van der Waals surface area contributed by atoms with E-state index in [2.05, 4.69) is 10.1 Å². The van der Waals surface area contributed by atoms with Gasteiger partial charge in [0.25, 0.3) is 0 Å². The summed E-state index contributed by atoms with van der Waals surface area (Å²) >= 11 is 0. The first kappa shape index (κ1) is 15.5. The topological polar surface area (TPSA) is 41.6 Å². The van der Waals surface area contributed by atoms with Crippen LogP contribution in [0.1, 0.15) is 25.7 Å². The summed E-state index contributed by atoms with van der Waals surface area (Å²) in [6.45, 7) is 1.42. The number of likely N-dealkylation sites (tertiary alicyclic amines) is 1. The van der Waals surface area contributed by atoms with Gasteiger partial charge in [-0.1, -0.05) is 12.8 Å². The van der Waals surface area contributed by atoms with Gasteiger partial charge in [0.1, 0.15) is 5.75 Å². The van der Waals surface area contributed by atoms with E-state index in [1.165, 1.54) is 24.3 Å².